The second-order valence-corrected chi connectivity index (χ2v) is 4.28. The lowest BCUT2D eigenvalue weighted by Gasteiger charge is -2.07. The van der Waals surface area contributed by atoms with Crippen LogP contribution < -0.4 is 11.1 Å². The van der Waals surface area contributed by atoms with E-state index in [0.717, 1.165) is 30.3 Å². The number of hydrogen-bond donors (Lipinski definition) is 3. The number of aliphatic hydroxyl groups excluding tert-OH is 1. The Labute approximate surface area is 94.3 Å². The van der Waals surface area contributed by atoms with Gasteiger partial charge in [0.1, 0.15) is 5.82 Å². The summed E-state index contributed by atoms with van der Waals surface area (Å²) in [5, 5.41) is 11.8. The first-order chi connectivity index (χ1) is 7.34. The van der Waals surface area contributed by atoms with Gasteiger partial charge >= 0.3 is 0 Å². The van der Waals surface area contributed by atoms with Crippen LogP contribution in [0.1, 0.15) is 6.42 Å². The Hall–Kier alpha value is -0.940. The second-order valence-electron chi connectivity index (χ2n) is 3.06. The average Bonchev–Trinajstić information content (AvgIpc) is 2.25. The molecule has 5 heteroatoms. The fraction of sp³-hybridized carbons (Fsp3) is 0.500. The largest absolute Gasteiger partial charge is 0.396 e. The van der Waals surface area contributed by atoms with Crippen molar-refractivity contribution >= 4 is 23.3 Å². The molecule has 0 bridgehead atoms. The van der Waals surface area contributed by atoms with Crippen molar-refractivity contribution in [3.8, 4) is 0 Å². The van der Waals surface area contributed by atoms with Crippen molar-refractivity contribution in [3.63, 3.8) is 0 Å². The number of rotatable bonds is 7. The number of nitrogens with two attached hydrogens (primary N) is 1. The van der Waals surface area contributed by atoms with Crippen LogP contribution in [0.3, 0.4) is 0 Å². The number of nitrogen functional groups attached to an aromatic ring is 1. The Morgan fingerprint density at radius 2 is 2.33 bits per heavy atom. The van der Waals surface area contributed by atoms with Crippen molar-refractivity contribution < 1.29 is 5.11 Å². The predicted molar refractivity (Wildman–Crippen MR) is 66.2 cm³/mol. The highest BCUT2D eigenvalue weighted by atomic mass is 32.2. The molecule has 15 heavy (non-hydrogen) atoms. The number of hydrogen-bond acceptors (Lipinski definition) is 5. The number of aliphatic hydroxyl groups is 1. The van der Waals surface area contributed by atoms with E-state index < -0.39 is 0 Å². The van der Waals surface area contributed by atoms with Gasteiger partial charge in [-0.05, 0) is 24.3 Å². The van der Waals surface area contributed by atoms with Crippen LogP contribution in [0.15, 0.2) is 18.3 Å². The number of thioether (sulfide) groups is 1. The van der Waals surface area contributed by atoms with E-state index >= 15 is 0 Å². The normalized spacial score (nSPS) is 10.2. The molecule has 0 aliphatic rings. The molecule has 0 unspecified atom stereocenters. The standard InChI is InChI=1S/C10H17N3OS/c11-9-3-1-4-12-10(9)13-5-8-15-7-2-6-14/h1,3-4,14H,2,5-8,11H2,(H,12,13). The summed E-state index contributed by atoms with van der Waals surface area (Å²) in [6, 6.07) is 3.64. The van der Waals surface area contributed by atoms with Crippen molar-refractivity contribution in [2.75, 3.05) is 35.7 Å². The van der Waals surface area contributed by atoms with Gasteiger partial charge in [0.2, 0.25) is 0 Å². The first-order valence-corrected chi connectivity index (χ1v) is 6.13. The molecule has 1 aromatic heterocycles. The Bertz CT molecular complexity index is 283. The number of nitrogens with zero attached hydrogens (tertiary/aromatic N) is 1. The van der Waals surface area contributed by atoms with E-state index in [4.69, 9.17) is 10.8 Å². The van der Waals surface area contributed by atoms with Crippen LogP contribution in [0, 0.1) is 0 Å². The highest BCUT2D eigenvalue weighted by Crippen LogP contribution is 2.12. The van der Waals surface area contributed by atoms with Crippen molar-refractivity contribution in [2.45, 2.75) is 6.42 Å². The van der Waals surface area contributed by atoms with Crippen molar-refractivity contribution in [1.82, 2.24) is 4.98 Å². The van der Waals surface area contributed by atoms with E-state index in [2.05, 4.69) is 10.3 Å². The molecule has 0 aromatic carbocycles. The maximum absolute atomic E-state index is 8.58. The number of pyridine rings is 1. The lowest BCUT2D eigenvalue weighted by atomic mass is 10.4. The zero-order valence-corrected chi connectivity index (χ0v) is 9.46. The van der Waals surface area contributed by atoms with Crippen LogP contribution in [-0.2, 0) is 0 Å². The first kappa shape index (κ1) is 12.1. The molecule has 4 N–H and O–H groups in total. The Balaban J connectivity index is 2.12. The van der Waals surface area contributed by atoms with Crippen LogP contribution in [0.2, 0.25) is 0 Å². The lowest BCUT2D eigenvalue weighted by Crippen LogP contribution is -2.08. The second kappa shape index (κ2) is 7.36. The molecule has 0 saturated carbocycles. The van der Waals surface area contributed by atoms with Crippen LogP contribution in [0.4, 0.5) is 11.5 Å². The maximum atomic E-state index is 8.58. The zero-order valence-electron chi connectivity index (χ0n) is 8.65. The lowest BCUT2D eigenvalue weighted by molar-refractivity contribution is 0.296. The molecule has 0 aliphatic carbocycles. The molecule has 0 aliphatic heterocycles. The Morgan fingerprint density at radius 3 is 3.07 bits per heavy atom. The van der Waals surface area contributed by atoms with Crippen LogP contribution in [0.5, 0.6) is 0 Å². The van der Waals surface area contributed by atoms with Gasteiger partial charge in [-0.3, -0.25) is 0 Å². The van der Waals surface area contributed by atoms with E-state index in [-0.39, 0.29) is 6.61 Å². The molecule has 84 valence electrons. The van der Waals surface area contributed by atoms with Gasteiger partial charge < -0.3 is 16.2 Å². The third-order valence-electron chi connectivity index (χ3n) is 1.82. The smallest absolute Gasteiger partial charge is 0.149 e. The minimum Gasteiger partial charge on any atom is -0.396 e. The van der Waals surface area contributed by atoms with Crippen molar-refractivity contribution in [3.05, 3.63) is 18.3 Å². The van der Waals surface area contributed by atoms with Gasteiger partial charge in [0, 0.05) is 25.1 Å². The van der Waals surface area contributed by atoms with Crippen LogP contribution in [0.25, 0.3) is 0 Å². The Kier molecular flexibility index (Phi) is 5.96. The molecule has 0 spiro atoms. The summed E-state index contributed by atoms with van der Waals surface area (Å²) in [5.74, 6) is 2.74. The van der Waals surface area contributed by atoms with Crippen LogP contribution >= 0.6 is 11.8 Å². The van der Waals surface area contributed by atoms with Crippen molar-refractivity contribution in [1.29, 1.82) is 0 Å². The molecule has 0 fully saturated rings. The molecule has 1 rings (SSSR count). The van der Waals surface area contributed by atoms with Gasteiger partial charge in [0.25, 0.3) is 0 Å². The van der Waals surface area contributed by atoms with Gasteiger partial charge in [0.15, 0.2) is 0 Å². The molecule has 0 saturated heterocycles. The molecule has 0 atom stereocenters. The van der Waals surface area contributed by atoms with Gasteiger partial charge in [-0.25, -0.2) is 4.98 Å². The molecular weight excluding hydrogens is 210 g/mol. The molecule has 0 radical (unpaired) electrons. The summed E-state index contributed by atoms with van der Waals surface area (Å²) in [4.78, 5) is 4.13. The number of aromatic nitrogens is 1. The maximum Gasteiger partial charge on any atom is 0.149 e. The summed E-state index contributed by atoms with van der Waals surface area (Å²) in [6.45, 7) is 1.12. The van der Waals surface area contributed by atoms with Gasteiger partial charge in [-0.15, -0.1) is 0 Å². The monoisotopic (exact) mass is 227 g/mol. The molecule has 1 aromatic rings. The highest BCUT2D eigenvalue weighted by Gasteiger charge is 1.97. The quantitative estimate of drug-likeness (QED) is 0.610. The third kappa shape index (κ3) is 4.90. The number of nitrogens with one attached hydrogen (secondary N) is 1. The summed E-state index contributed by atoms with van der Waals surface area (Å²) < 4.78 is 0. The minimum absolute atomic E-state index is 0.271. The van der Waals surface area contributed by atoms with Crippen molar-refractivity contribution in [2.24, 2.45) is 0 Å². The zero-order chi connectivity index (χ0) is 10.9. The highest BCUT2D eigenvalue weighted by molar-refractivity contribution is 7.99. The van der Waals surface area contributed by atoms with E-state index in [1.54, 1.807) is 6.20 Å². The molecule has 1 heterocycles. The summed E-state index contributed by atoms with van der Waals surface area (Å²) in [7, 11) is 0. The SMILES string of the molecule is Nc1cccnc1NCCSCCCO. The third-order valence-corrected chi connectivity index (χ3v) is 2.89. The molecule has 4 nitrogen and oxygen atoms in total. The van der Waals surface area contributed by atoms with E-state index in [1.807, 2.05) is 23.9 Å². The molecule has 0 amide bonds. The van der Waals surface area contributed by atoms with Gasteiger partial charge in [-0.2, -0.15) is 11.8 Å². The topological polar surface area (TPSA) is 71.2 Å². The summed E-state index contributed by atoms with van der Waals surface area (Å²) in [6.07, 6.45) is 2.58. The van der Waals surface area contributed by atoms with E-state index in [0.29, 0.717) is 5.69 Å². The van der Waals surface area contributed by atoms with Gasteiger partial charge in [-0.1, -0.05) is 0 Å². The predicted octanol–water partition coefficient (Wildman–Crippen LogP) is 1.19. The summed E-state index contributed by atoms with van der Waals surface area (Å²) >= 11 is 1.81. The first-order valence-electron chi connectivity index (χ1n) is 4.97. The fourth-order valence-electron chi connectivity index (χ4n) is 1.08. The summed E-state index contributed by atoms with van der Waals surface area (Å²) in [5.41, 5.74) is 6.40. The fourth-order valence-corrected chi connectivity index (χ4v) is 1.86. The number of anilines is 2. The molecular formula is C10H17N3OS. The van der Waals surface area contributed by atoms with Crippen LogP contribution in [-0.4, -0.2) is 34.7 Å². The van der Waals surface area contributed by atoms with E-state index in [1.165, 1.54) is 0 Å². The minimum atomic E-state index is 0.271. The van der Waals surface area contributed by atoms with E-state index in [9.17, 15) is 0 Å². The Morgan fingerprint density at radius 1 is 1.47 bits per heavy atom. The average molecular weight is 227 g/mol. The van der Waals surface area contributed by atoms with Gasteiger partial charge in [0.05, 0.1) is 5.69 Å².